The molecule has 14 heavy (non-hydrogen) atoms. The molecule has 78 valence electrons. The van der Waals surface area contributed by atoms with Gasteiger partial charge in [0, 0.05) is 13.1 Å². The fourth-order valence-corrected chi connectivity index (χ4v) is 1.72. The fourth-order valence-electron chi connectivity index (χ4n) is 1.72. The molecule has 0 spiro atoms. The summed E-state index contributed by atoms with van der Waals surface area (Å²) in [5, 5.41) is 0. The van der Waals surface area contributed by atoms with E-state index in [1.54, 1.807) is 4.90 Å². The number of piperidine rings is 1. The van der Waals surface area contributed by atoms with E-state index in [9.17, 15) is 4.79 Å². The minimum Gasteiger partial charge on any atom is -0.436 e. The van der Waals surface area contributed by atoms with Crippen LogP contribution in [0.25, 0.3) is 0 Å². The highest BCUT2D eigenvalue weighted by atomic mass is 16.6. The Hall–Kier alpha value is -1.17. The predicted octanol–water partition coefficient (Wildman–Crippen LogP) is 1.88. The highest BCUT2D eigenvalue weighted by Gasteiger charge is 2.22. The molecule has 0 aromatic heterocycles. The van der Waals surface area contributed by atoms with Crippen molar-refractivity contribution >= 4 is 6.09 Å². The van der Waals surface area contributed by atoms with Crippen molar-refractivity contribution in [2.45, 2.75) is 26.2 Å². The third-order valence-corrected chi connectivity index (χ3v) is 2.73. The van der Waals surface area contributed by atoms with E-state index < -0.39 is 0 Å². The van der Waals surface area contributed by atoms with Crippen LogP contribution in [-0.4, -0.2) is 30.7 Å². The topological polar surface area (TPSA) is 29.5 Å². The van der Waals surface area contributed by atoms with Crippen molar-refractivity contribution in [3.8, 4) is 12.3 Å². The zero-order valence-electron chi connectivity index (χ0n) is 8.66. The van der Waals surface area contributed by atoms with Crippen LogP contribution in [-0.2, 0) is 4.74 Å². The van der Waals surface area contributed by atoms with Gasteiger partial charge in [0.05, 0.1) is 0 Å². The van der Waals surface area contributed by atoms with Crippen LogP contribution < -0.4 is 0 Å². The highest BCUT2D eigenvalue weighted by Crippen LogP contribution is 2.20. The summed E-state index contributed by atoms with van der Waals surface area (Å²) in [5.41, 5.74) is 0. The van der Waals surface area contributed by atoms with Gasteiger partial charge < -0.3 is 9.64 Å². The summed E-state index contributed by atoms with van der Waals surface area (Å²) < 4.78 is 4.85. The normalized spacial score (nSPS) is 17.6. The lowest BCUT2D eigenvalue weighted by atomic mass is 9.95. The summed E-state index contributed by atoms with van der Waals surface area (Å²) in [4.78, 5) is 13.1. The molecule has 0 unspecified atom stereocenters. The molecule has 1 amide bonds. The molecule has 1 aliphatic rings. The first-order valence-electron chi connectivity index (χ1n) is 5.13. The first-order chi connectivity index (χ1) is 6.77. The molecule has 0 radical (unpaired) electrons. The lowest BCUT2D eigenvalue weighted by Crippen LogP contribution is -2.38. The fraction of sp³-hybridized carbons (Fsp3) is 0.727. The van der Waals surface area contributed by atoms with Crippen LogP contribution in [0, 0.1) is 18.3 Å². The SMILES string of the molecule is C#CCOC(=O)N1CCC(CC)CC1. The van der Waals surface area contributed by atoms with Gasteiger partial charge in [-0.2, -0.15) is 0 Å². The van der Waals surface area contributed by atoms with Gasteiger partial charge in [0.25, 0.3) is 0 Å². The van der Waals surface area contributed by atoms with Crippen LogP contribution >= 0.6 is 0 Å². The number of rotatable bonds is 2. The van der Waals surface area contributed by atoms with E-state index in [1.165, 1.54) is 6.42 Å². The van der Waals surface area contributed by atoms with E-state index in [1.807, 2.05) is 0 Å². The quantitative estimate of drug-likeness (QED) is 0.630. The summed E-state index contributed by atoms with van der Waals surface area (Å²) in [6.45, 7) is 3.88. The maximum atomic E-state index is 11.4. The number of hydrogen-bond donors (Lipinski definition) is 0. The van der Waals surface area contributed by atoms with Crippen molar-refractivity contribution in [2.24, 2.45) is 5.92 Å². The van der Waals surface area contributed by atoms with Crippen molar-refractivity contribution in [3.05, 3.63) is 0 Å². The second-order valence-electron chi connectivity index (χ2n) is 3.60. The molecule has 3 heteroatoms. The lowest BCUT2D eigenvalue weighted by molar-refractivity contribution is 0.0971. The Morgan fingerprint density at radius 1 is 1.57 bits per heavy atom. The molecule has 0 atom stereocenters. The molecule has 1 fully saturated rings. The van der Waals surface area contributed by atoms with Crippen molar-refractivity contribution in [3.63, 3.8) is 0 Å². The zero-order valence-corrected chi connectivity index (χ0v) is 8.66. The van der Waals surface area contributed by atoms with Gasteiger partial charge in [-0.15, -0.1) is 6.42 Å². The van der Waals surface area contributed by atoms with Gasteiger partial charge >= 0.3 is 6.09 Å². The summed E-state index contributed by atoms with van der Waals surface area (Å²) >= 11 is 0. The second-order valence-corrected chi connectivity index (χ2v) is 3.60. The Kier molecular flexibility index (Phi) is 4.31. The molecule has 0 saturated carbocycles. The van der Waals surface area contributed by atoms with E-state index >= 15 is 0 Å². The molecule has 1 heterocycles. The Bertz CT molecular complexity index is 224. The second kappa shape index (κ2) is 5.54. The molecule has 0 N–H and O–H groups in total. The van der Waals surface area contributed by atoms with Crippen molar-refractivity contribution in [2.75, 3.05) is 19.7 Å². The number of nitrogens with zero attached hydrogens (tertiary/aromatic N) is 1. The van der Waals surface area contributed by atoms with E-state index in [-0.39, 0.29) is 12.7 Å². The van der Waals surface area contributed by atoms with Crippen LogP contribution in [0.1, 0.15) is 26.2 Å². The maximum Gasteiger partial charge on any atom is 0.410 e. The van der Waals surface area contributed by atoms with Gasteiger partial charge in [-0.1, -0.05) is 19.3 Å². The van der Waals surface area contributed by atoms with Crippen LogP contribution in [0.5, 0.6) is 0 Å². The molecular weight excluding hydrogens is 178 g/mol. The van der Waals surface area contributed by atoms with E-state index in [2.05, 4.69) is 12.8 Å². The summed E-state index contributed by atoms with van der Waals surface area (Å²) in [6, 6.07) is 0. The van der Waals surface area contributed by atoms with Gasteiger partial charge in [-0.25, -0.2) is 4.79 Å². The van der Waals surface area contributed by atoms with E-state index in [0.717, 1.165) is 31.8 Å². The third kappa shape index (κ3) is 2.95. The van der Waals surface area contributed by atoms with Gasteiger partial charge in [-0.3, -0.25) is 0 Å². The number of ether oxygens (including phenoxy) is 1. The van der Waals surface area contributed by atoms with Crippen molar-refractivity contribution < 1.29 is 9.53 Å². The zero-order chi connectivity index (χ0) is 10.4. The Labute approximate surface area is 85.4 Å². The number of amides is 1. The molecule has 1 rings (SSSR count). The van der Waals surface area contributed by atoms with Gasteiger partial charge in [0.2, 0.25) is 0 Å². The van der Waals surface area contributed by atoms with Crippen LogP contribution in [0.4, 0.5) is 4.79 Å². The Morgan fingerprint density at radius 3 is 2.71 bits per heavy atom. The number of carbonyl (C=O) groups is 1. The third-order valence-electron chi connectivity index (χ3n) is 2.73. The summed E-state index contributed by atoms with van der Waals surface area (Å²) in [6.07, 6.45) is 8.11. The minimum atomic E-state index is -0.266. The first kappa shape index (κ1) is 10.9. The Balaban J connectivity index is 2.27. The maximum absolute atomic E-state index is 11.4. The number of likely N-dealkylation sites (tertiary alicyclic amines) is 1. The summed E-state index contributed by atoms with van der Waals surface area (Å²) in [7, 11) is 0. The van der Waals surface area contributed by atoms with Crippen LogP contribution in [0.3, 0.4) is 0 Å². The average molecular weight is 195 g/mol. The number of hydrogen-bond acceptors (Lipinski definition) is 2. The van der Waals surface area contributed by atoms with Crippen molar-refractivity contribution in [1.82, 2.24) is 4.90 Å². The van der Waals surface area contributed by atoms with Gasteiger partial charge in [0.15, 0.2) is 6.61 Å². The smallest absolute Gasteiger partial charge is 0.410 e. The number of terminal acetylenes is 1. The molecule has 0 aliphatic carbocycles. The molecular formula is C11H17NO2. The van der Waals surface area contributed by atoms with E-state index in [4.69, 9.17) is 11.2 Å². The predicted molar refractivity (Wildman–Crippen MR) is 54.8 cm³/mol. The van der Waals surface area contributed by atoms with Crippen LogP contribution in [0.2, 0.25) is 0 Å². The molecule has 0 aromatic rings. The monoisotopic (exact) mass is 195 g/mol. The molecule has 0 aromatic carbocycles. The average Bonchev–Trinajstić information content (AvgIpc) is 2.26. The lowest BCUT2D eigenvalue weighted by Gasteiger charge is -2.30. The molecule has 3 nitrogen and oxygen atoms in total. The summed E-state index contributed by atoms with van der Waals surface area (Å²) in [5.74, 6) is 3.06. The molecule has 1 aliphatic heterocycles. The van der Waals surface area contributed by atoms with Gasteiger partial charge in [0.1, 0.15) is 0 Å². The largest absolute Gasteiger partial charge is 0.436 e. The number of carbonyl (C=O) groups excluding carboxylic acids is 1. The van der Waals surface area contributed by atoms with Crippen molar-refractivity contribution in [1.29, 1.82) is 0 Å². The first-order valence-corrected chi connectivity index (χ1v) is 5.13. The van der Waals surface area contributed by atoms with Gasteiger partial charge in [-0.05, 0) is 18.8 Å². The molecule has 0 bridgehead atoms. The molecule has 1 saturated heterocycles. The highest BCUT2D eigenvalue weighted by molar-refractivity contribution is 5.67. The Morgan fingerprint density at radius 2 is 2.21 bits per heavy atom. The van der Waals surface area contributed by atoms with Crippen LogP contribution in [0.15, 0.2) is 0 Å². The minimum absolute atomic E-state index is 0.0759. The van der Waals surface area contributed by atoms with E-state index in [0.29, 0.717) is 0 Å². The standard InChI is InChI=1S/C11H17NO2/c1-3-9-14-11(13)12-7-5-10(4-2)6-8-12/h1,10H,4-9H2,2H3.